The lowest BCUT2D eigenvalue weighted by Crippen LogP contribution is -2.60. The molecule has 1 aromatic carbocycles. The Morgan fingerprint density at radius 3 is 2.73 bits per heavy atom. The Kier molecular flexibility index (Phi) is 4.86. The molecule has 0 aliphatic carbocycles. The maximum Gasteiger partial charge on any atom is 0.241 e. The van der Waals surface area contributed by atoms with Crippen LogP contribution in [0.5, 0.6) is 5.75 Å². The number of aryl methyl sites for hydroxylation is 1. The molecule has 6 heteroatoms. The third kappa shape index (κ3) is 3.43. The third-order valence-corrected chi connectivity index (χ3v) is 5.12. The summed E-state index contributed by atoms with van der Waals surface area (Å²) in [5.41, 5.74) is 8.70. The molecular formula is C20H24N4O2. The number of hydrogen-bond donors (Lipinski definition) is 2. The maximum atomic E-state index is 12.7. The van der Waals surface area contributed by atoms with Crippen LogP contribution in [-0.4, -0.2) is 41.0 Å². The van der Waals surface area contributed by atoms with Crippen molar-refractivity contribution in [2.45, 2.75) is 38.0 Å². The van der Waals surface area contributed by atoms with E-state index in [-0.39, 0.29) is 24.1 Å². The largest absolute Gasteiger partial charge is 0.486 e. The molecule has 1 aromatic heterocycles. The number of aromatic nitrogens is 1. The summed E-state index contributed by atoms with van der Waals surface area (Å²) in [5.74, 6) is 1.07. The highest BCUT2D eigenvalue weighted by Gasteiger charge is 2.39. The number of ether oxygens (including phenoxy) is 1. The highest BCUT2D eigenvalue weighted by molar-refractivity contribution is 5.83. The molecule has 26 heavy (non-hydrogen) atoms. The second-order valence-corrected chi connectivity index (χ2v) is 6.85. The van der Waals surface area contributed by atoms with Gasteiger partial charge in [0.25, 0.3) is 0 Å². The lowest BCUT2D eigenvalue weighted by Gasteiger charge is -2.40. The predicted octanol–water partition coefficient (Wildman–Crippen LogP) is 1.84. The van der Waals surface area contributed by atoms with Gasteiger partial charge in [0.15, 0.2) is 0 Å². The fraction of sp³-hybridized carbons (Fsp3) is 0.400. The molecule has 4 rings (SSSR count). The highest BCUT2D eigenvalue weighted by Crippen LogP contribution is 2.26. The van der Waals surface area contributed by atoms with Gasteiger partial charge in [-0.25, -0.2) is 10.9 Å². The molecule has 136 valence electrons. The molecule has 0 saturated carbocycles. The molecule has 2 aliphatic heterocycles. The van der Waals surface area contributed by atoms with E-state index < -0.39 is 0 Å². The van der Waals surface area contributed by atoms with Crippen molar-refractivity contribution in [1.82, 2.24) is 20.7 Å². The van der Waals surface area contributed by atoms with Gasteiger partial charge in [0.1, 0.15) is 17.9 Å². The van der Waals surface area contributed by atoms with Crippen molar-refractivity contribution in [3.8, 4) is 5.75 Å². The van der Waals surface area contributed by atoms with Crippen LogP contribution in [0, 0.1) is 0 Å². The Bertz CT molecular complexity index is 761. The van der Waals surface area contributed by atoms with E-state index in [2.05, 4.69) is 28.8 Å². The first-order valence-corrected chi connectivity index (χ1v) is 9.19. The lowest BCUT2D eigenvalue weighted by molar-refractivity contribution is -0.142. The first kappa shape index (κ1) is 17.0. The normalized spacial score (nSPS) is 22.9. The summed E-state index contributed by atoms with van der Waals surface area (Å²) in [5, 5.41) is 0. The Hall–Kier alpha value is -2.44. The number of benzene rings is 1. The number of nitrogens with one attached hydrogen (secondary N) is 2. The minimum atomic E-state index is -0.197. The summed E-state index contributed by atoms with van der Waals surface area (Å²) in [6.07, 6.45) is 5.32. The van der Waals surface area contributed by atoms with Gasteiger partial charge in [0.2, 0.25) is 5.91 Å². The number of carbonyl (C=O) groups is 1. The second kappa shape index (κ2) is 7.43. The van der Waals surface area contributed by atoms with E-state index >= 15 is 0 Å². The van der Waals surface area contributed by atoms with Gasteiger partial charge in [-0.05, 0) is 42.2 Å². The first-order chi connectivity index (χ1) is 12.7. The maximum absolute atomic E-state index is 12.7. The lowest BCUT2D eigenvalue weighted by atomic mass is 10.0. The number of para-hydroxylation sites is 1. The highest BCUT2D eigenvalue weighted by atomic mass is 16.5. The van der Waals surface area contributed by atoms with Gasteiger partial charge in [0.05, 0.1) is 13.1 Å². The van der Waals surface area contributed by atoms with Crippen molar-refractivity contribution in [2.75, 3.05) is 13.1 Å². The summed E-state index contributed by atoms with van der Waals surface area (Å²) < 4.78 is 6.07. The number of likely N-dealkylation sites (tertiary alicyclic amines) is 1. The van der Waals surface area contributed by atoms with Gasteiger partial charge >= 0.3 is 0 Å². The summed E-state index contributed by atoms with van der Waals surface area (Å²) in [6, 6.07) is 12.0. The summed E-state index contributed by atoms with van der Waals surface area (Å²) in [6.45, 7) is 3.42. The number of hydrogen-bond acceptors (Lipinski definition) is 5. The molecule has 6 nitrogen and oxygen atoms in total. The molecule has 2 N–H and O–H groups in total. The number of amides is 1. The zero-order valence-electron chi connectivity index (χ0n) is 14.9. The zero-order valence-corrected chi connectivity index (χ0v) is 14.9. The van der Waals surface area contributed by atoms with E-state index in [1.165, 1.54) is 5.56 Å². The third-order valence-electron chi connectivity index (χ3n) is 5.12. The fourth-order valence-corrected chi connectivity index (χ4v) is 3.54. The molecule has 0 spiro atoms. The number of nitrogens with zero attached hydrogens (tertiary/aromatic N) is 2. The number of carbonyl (C=O) groups excluding carboxylic acids is 1. The van der Waals surface area contributed by atoms with Crippen LogP contribution in [0.2, 0.25) is 0 Å². The van der Waals surface area contributed by atoms with E-state index in [1.54, 1.807) is 12.4 Å². The van der Waals surface area contributed by atoms with Crippen LogP contribution < -0.4 is 15.6 Å². The molecule has 2 aromatic rings. The van der Waals surface area contributed by atoms with Crippen molar-refractivity contribution < 1.29 is 9.53 Å². The molecule has 1 amide bonds. The summed E-state index contributed by atoms with van der Waals surface area (Å²) >= 11 is 0. The SMILES string of the molecule is CCc1ccccc1OC1CN(C(=O)C2CC(c3ccncc3)NN2)C1. The van der Waals surface area contributed by atoms with E-state index in [0.29, 0.717) is 13.1 Å². The average molecular weight is 352 g/mol. The van der Waals surface area contributed by atoms with Gasteiger partial charge in [-0.3, -0.25) is 9.78 Å². The molecule has 3 heterocycles. The van der Waals surface area contributed by atoms with Crippen LogP contribution >= 0.6 is 0 Å². The van der Waals surface area contributed by atoms with Gasteiger partial charge in [-0.15, -0.1) is 0 Å². The van der Waals surface area contributed by atoms with Crippen LogP contribution in [0.4, 0.5) is 0 Å². The van der Waals surface area contributed by atoms with Crippen LogP contribution in [0.25, 0.3) is 0 Å². The molecule has 2 fully saturated rings. The second-order valence-electron chi connectivity index (χ2n) is 6.85. The van der Waals surface area contributed by atoms with E-state index in [1.807, 2.05) is 35.2 Å². The Labute approximate surface area is 153 Å². The van der Waals surface area contributed by atoms with Crippen molar-refractivity contribution in [3.63, 3.8) is 0 Å². The smallest absolute Gasteiger partial charge is 0.241 e. The minimum absolute atomic E-state index is 0.0806. The molecular weight excluding hydrogens is 328 g/mol. The molecule has 2 unspecified atom stereocenters. The number of hydrazine groups is 1. The van der Waals surface area contributed by atoms with E-state index in [9.17, 15) is 4.79 Å². The van der Waals surface area contributed by atoms with Crippen molar-refractivity contribution in [3.05, 3.63) is 59.9 Å². The Morgan fingerprint density at radius 1 is 1.19 bits per heavy atom. The van der Waals surface area contributed by atoms with Gasteiger partial charge in [-0.1, -0.05) is 25.1 Å². The molecule has 2 atom stereocenters. The first-order valence-electron chi connectivity index (χ1n) is 9.19. The van der Waals surface area contributed by atoms with Crippen LogP contribution in [0.3, 0.4) is 0 Å². The monoisotopic (exact) mass is 352 g/mol. The number of rotatable bonds is 5. The zero-order chi connectivity index (χ0) is 17.9. The minimum Gasteiger partial charge on any atom is -0.486 e. The molecule has 0 radical (unpaired) electrons. The standard InChI is InChI=1S/C20H24N4O2/c1-2-14-5-3-4-6-19(14)26-16-12-24(13-16)20(25)18-11-17(22-23-18)15-7-9-21-10-8-15/h3-10,16-18,22-23H,2,11-13H2,1H3. The predicted molar refractivity (Wildman–Crippen MR) is 98.5 cm³/mol. The van der Waals surface area contributed by atoms with Crippen LogP contribution in [0.15, 0.2) is 48.8 Å². The molecule has 2 saturated heterocycles. The van der Waals surface area contributed by atoms with E-state index in [0.717, 1.165) is 24.2 Å². The fourth-order valence-electron chi connectivity index (χ4n) is 3.54. The topological polar surface area (TPSA) is 66.5 Å². The van der Waals surface area contributed by atoms with Gasteiger partial charge < -0.3 is 9.64 Å². The molecule has 2 aliphatic rings. The van der Waals surface area contributed by atoms with Crippen molar-refractivity contribution >= 4 is 5.91 Å². The van der Waals surface area contributed by atoms with Gasteiger partial charge in [-0.2, -0.15) is 0 Å². The van der Waals surface area contributed by atoms with Crippen molar-refractivity contribution in [2.24, 2.45) is 0 Å². The molecule has 0 bridgehead atoms. The van der Waals surface area contributed by atoms with Gasteiger partial charge in [0, 0.05) is 18.4 Å². The van der Waals surface area contributed by atoms with Crippen molar-refractivity contribution in [1.29, 1.82) is 0 Å². The number of pyridine rings is 1. The summed E-state index contributed by atoms with van der Waals surface area (Å²) in [7, 11) is 0. The van der Waals surface area contributed by atoms with Crippen LogP contribution in [-0.2, 0) is 11.2 Å². The summed E-state index contributed by atoms with van der Waals surface area (Å²) in [4.78, 5) is 18.6. The Morgan fingerprint density at radius 2 is 1.96 bits per heavy atom. The average Bonchev–Trinajstić information content (AvgIpc) is 3.15. The van der Waals surface area contributed by atoms with E-state index in [4.69, 9.17) is 4.74 Å². The quantitative estimate of drug-likeness (QED) is 0.860. The van der Waals surface area contributed by atoms with Crippen LogP contribution in [0.1, 0.15) is 30.5 Å². The Balaban J connectivity index is 1.29.